The van der Waals surface area contributed by atoms with Crippen LogP contribution in [0.5, 0.6) is 0 Å². The van der Waals surface area contributed by atoms with E-state index in [0.717, 1.165) is 53.0 Å². The molecule has 0 spiro atoms. The molecule has 0 N–H and O–H groups in total. The number of rotatable bonds is 7. The molecule has 2 heterocycles. The van der Waals surface area contributed by atoms with Crippen molar-refractivity contribution in [1.29, 1.82) is 0 Å². The molecule has 4 rings (SSSR count). The first-order valence-corrected chi connectivity index (χ1v) is 10.5. The minimum atomic E-state index is 0.460. The molecular weight excluding hydrogens is 360 g/mol. The van der Waals surface area contributed by atoms with Crippen molar-refractivity contribution in [3.8, 4) is 22.6 Å². The van der Waals surface area contributed by atoms with Crippen molar-refractivity contribution in [2.24, 2.45) is 0 Å². The van der Waals surface area contributed by atoms with E-state index in [9.17, 15) is 4.79 Å². The zero-order valence-corrected chi connectivity index (χ0v) is 17.2. The summed E-state index contributed by atoms with van der Waals surface area (Å²) in [6.45, 7) is 6.56. The van der Waals surface area contributed by atoms with Crippen LogP contribution in [0, 0.1) is 6.92 Å². The van der Waals surface area contributed by atoms with Gasteiger partial charge in [0.15, 0.2) is 0 Å². The number of carbonyl (C=O) groups is 1. The highest BCUT2D eigenvalue weighted by molar-refractivity contribution is 5.68. The Balaban J connectivity index is 1.45. The normalized spacial score (nSPS) is 17.0. The van der Waals surface area contributed by atoms with Crippen LogP contribution in [-0.2, 0) is 17.6 Å². The molecule has 1 atom stereocenters. The second-order valence-electron chi connectivity index (χ2n) is 7.94. The molecule has 4 heteroatoms. The predicted octanol–water partition coefficient (Wildman–Crippen LogP) is 5.09. The van der Waals surface area contributed by atoms with Crippen LogP contribution in [-0.4, -0.2) is 35.3 Å². The molecule has 4 nitrogen and oxygen atoms in total. The molecule has 1 aromatic heterocycles. The van der Waals surface area contributed by atoms with Gasteiger partial charge in [0, 0.05) is 31.0 Å². The van der Waals surface area contributed by atoms with Gasteiger partial charge >= 0.3 is 0 Å². The minimum absolute atomic E-state index is 0.460. The van der Waals surface area contributed by atoms with E-state index in [-0.39, 0.29) is 0 Å². The summed E-state index contributed by atoms with van der Waals surface area (Å²) in [5, 5.41) is 0. The molecule has 1 unspecified atom stereocenters. The van der Waals surface area contributed by atoms with E-state index >= 15 is 0 Å². The molecule has 0 saturated carbocycles. The number of nitrogens with zero attached hydrogens (tertiary/aromatic N) is 2. The van der Waals surface area contributed by atoms with E-state index in [1.54, 1.807) is 0 Å². The van der Waals surface area contributed by atoms with E-state index in [1.165, 1.54) is 19.4 Å². The Morgan fingerprint density at radius 1 is 1.07 bits per heavy atom. The average Bonchev–Trinajstić information content (AvgIpc) is 3.32. The zero-order valence-electron chi connectivity index (χ0n) is 17.2. The summed E-state index contributed by atoms with van der Waals surface area (Å²) >= 11 is 0. The summed E-state index contributed by atoms with van der Waals surface area (Å²) < 4.78 is 5.97. The van der Waals surface area contributed by atoms with Crippen molar-refractivity contribution in [3.05, 3.63) is 65.5 Å². The first-order chi connectivity index (χ1) is 14.1. The van der Waals surface area contributed by atoms with Crippen LogP contribution in [0.2, 0.25) is 0 Å². The molecule has 1 saturated heterocycles. The standard InChI is InChI=1S/C25H28N2O2/c1-18-4-3-15-27(18)16-13-24-19(2)29-25(26-24)23-11-9-22(10-12-23)21-7-5-20(6-8-21)14-17-28/h5-12,17-18H,3-4,13-16H2,1-2H3. The van der Waals surface area contributed by atoms with Crippen LogP contribution in [0.25, 0.3) is 22.6 Å². The number of oxazole rings is 1. The van der Waals surface area contributed by atoms with Crippen LogP contribution in [0.3, 0.4) is 0 Å². The van der Waals surface area contributed by atoms with Crippen molar-refractivity contribution in [2.75, 3.05) is 13.1 Å². The Labute approximate surface area is 172 Å². The molecule has 0 aliphatic carbocycles. The molecule has 2 aromatic carbocycles. The Kier molecular flexibility index (Phi) is 5.91. The third kappa shape index (κ3) is 4.48. The number of aryl methyl sites for hydroxylation is 1. The topological polar surface area (TPSA) is 46.3 Å². The summed E-state index contributed by atoms with van der Waals surface area (Å²) in [7, 11) is 0. The largest absolute Gasteiger partial charge is 0.441 e. The average molecular weight is 389 g/mol. The highest BCUT2D eigenvalue weighted by Gasteiger charge is 2.21. The smallest absolute Gasteiger partial charge is 0.226 e. The Morgan fingerprint density at radius 3 is 2.34 bits per heavy atom. The number of likely N-dealkylation sites (tertiary alicyclic amines) is 1. The summed E-state index contributed by atoms with van der Waals surface area (Å²) in [6, 6.07) is 17.1. The van der Waals surface area contributed by atoms with E-state index in [2.05, 4.69) is 48.2 Å². The lowest BCUT2D eigenvalue weighted by atomic mass is 10.0. The van der Waals surface area contributed by atoms with E-state index < -0.39 is 0 Å². The van der Waals surface area contributed by atoms with Gasteiger partial charge in [0.25, 0.3) is 0 Å². The minimum Gasteiger partial charge on any atom is -0.441 e. The fraction of sp³-hybridized carbons (Fsp3) is 0.360. The van der Waals surface area contributed by atoms with Crippen LogP contribution in [0.1, 0.15) is 36.8 Å². The maximum Gasteiger partial charge on any atom is 0.226 e. The van der Waals surface area contributed by atoms with Gasteiger partial charge in [-0.3, -0.25) is 0 Å². The van der Waals surface area contributed by atoms with Gasteiger partial charge in [-0.1, -0.05) is 36.4 Å². The number of benzene rings is 2. The van der Waals surface area contributed by atoms with Gasteiger partial charge in [-0.15, -0.1) is 0 Å². The van der Waals surface area contributed by atoms with Gasteiger partial charge in [0.1, 0.15) is 12.0 Å². The monoisotopic (exact) mass is 388 g/mol. The summed E-state index contributed by atoms with van der Waals surface area (Å²) in [6.07, 6.45) is 4.93. The Hall–Kier alpha value is -2.72. The van der Waals surface area contributed by atoms with Crippen LogP contribution < -0.4 is 0 Å². The van der Waals surface area contributed by atoms with Crippen LogP contribution in [0.4, 0.5) is 0 Å². The van der Waals surface area contributed by atoms with Crippen molar-refractivity contribution >= 4 is 6.29 Å². The lowest BCUT2D eigenvalue weighted by Gasteiger charge is -2.20. The lowest BCUT2D eigenvalue weighted by Crippen LogP contribution is -2.29. The number of hydrogen-bond donors (Lipinski definition) is 0. The summed E-state index contributed by atoms with van der Waals surface area (Å²) in [5.41, 5.74) is 5.36. The molecule has 0 amide bonds. The molecule has 1 aliphatic rings. The van der Waals surface area contributed by atoms with Crippen LogP contribution >= 0.6 is 0 Å². The van der Waals surface area contributed by atoms with Crippen molar-refractivity contribution in [1.82, 2.24) is 9.88 Å². The molecule has 150 valence electrons. The second kappa shape index (κ2) is 8.75. The quantitative estimate of drug-likeness (QED) is 0.529. The van der Waals surface area contributed by atoms with Gasteiger partial charge in [0.2, 0.25) is 5.89 Å². The highest BCUT2D eigenvalue weighted by Crippen LogP contribution is 2.27. The van der Waals surface area contributed by atoms with Gasteiger partial charge in [-0.25, -0.2) is 4.98 Å². The SMILES string of the molecule is Cc1oc(-c2ccc(-c3ccc(CC=O)cc3)cc2)nc1CCN1CCCC1C. The molecule has 0 bridgehead atoms. The Morgan fingerprint density at radius 2 is 1.72 bits per heavy atom. The molecule has 1 aliphatic heterocycles. The molecule has 0 radical (unpaired) electrons. The first-order valence-electron chi connectivity index (χ1n) is 10.5. The third-order valence-electron chi connectivity index (χ3n) is 5.96. The maximum atomic E-state index is 10.6. The Bertz CT molecular complexity index is 957. The van der Waals surface area contributed by atoms with Crippen molar-refractivity contribution < 1.29 is 9.21 Å². The molecular formula is C25H28N2O2. The lowest BCUT2D eigenvalue weighted by molar-refractivity contribution is -0.107. The van der Waals surface area contributed by atoms with E-state index in [4.69, 9.17) is 9.40 Å². The van der Waals surface area contributed by atoms with Gasteiger partial charge in [-0.05, 0) is 62.1 Å². The van der Waals surface area contributed by atoms with Crippen molar-refractivity contribution in [3.63, 3.8) is 0 Å². The number of aldehydes is 1. The summed E-state index contributed by atoms with van der Waals surface area (Å²) in [4.78, 5) is 18.0. The summed E-state index contributed by atoms with van der Waals surface area (Å²) in [5.74, 6) is 1.61. The zero-order chi connectivity index (χ0) is 20.2. The number of aromatic nitrogens is 1. The number of hydrogen-bond acceptors (Lipinski definition) is 4. The fourth-order valence-electron chi connectivity index (χ4n) is 4.09. The van der Waals surface area contributed by atoms with Gasteiger partial charge in [-0.2, -0.15) is 0 Å². The van der Waals surface area contributed by atoms with Gasteiger partial charge < -0.3 is 14.1 Å². The third-order valence-corrected chi connectivity index (χ3v) is 5.96. The highest BCUT2D eigenvalue weighted by atomic mass is 16.4. The second-order valence-corrected chi connectivity index (χ2v) is 7.94. The maximum absolute atomic E-state index is 10.6. The molecule has 29 heavy (non-hydrogen) atoms. The first kappa shape index (κ1) is 19.6. The predicted molar refractivity (Wildman–Crippen MR) is 116 cm³/mol. The van der Waals surface area contributed by atoms with Crippen LogP contribution in [0.15, 0.2) is 52.9 Å². The number of carbonyl (C=O) groups excluding carboxylic acids is 1. The molecule has 1 fully saturated rings. The van der Waals surface area contributed by atoms with E-state index in [1.807, 2.05) is 19.1 Å². The molecule has 3 aromatic rings. The van der Waals surface area contributed by atoms with Crippen molar-refractivity contribution in [2.45, 2.75) is 45.6 Å². The van der Waals surface area contributed by atoms with Gasteiger partial charge in [0.05, 0.1) is 5.69 Å². The fourth-order valence-corrected chi connectivity index (χ4v) is 4.09. The van der Waals surface area contributed by atoms with E-state index in [0.29, 0.717) is 18.4 Å².